The number of hydrogen-bond acceptors (Lipinski definition) is 2. The Morgan fingerprint density at radius 1 is 0.321 bits per heavy atom. The minimum atomic E-state index is 0.869. The number of fused-ring (bicyclic) bond motifs is 5. The monoisotopic (exact) mass is 674 g/mol. The molecule has 0 fully saturated rings. The highest BCUT2D eigenvalue weighted by atomic mass is 15.2. The van der Waals surface area contributed by atoms with Crippen molar-refractivity contribution in [3.05, 3.63) is 206 Å². The molecule has 0 atom stereocenters. The normalized spacial score (nSPS) is 11.4. The Morgan fingerprint density at radius 3 is 1.49 bits per heavy atom. The number of hydrogen-bond donors (Lipinski definition) is 0. The standard InChI is InChI=1S/C51H34N2/c1-3-16-35(17-4-1)48-28-15-29-49(52-48)53(38-19-5-2-6-20-38)39-32-30-36(31-33-39)50-43-24-11-13-26-45(43)51(46-27-14-12-25-44(46)50)47-34-37-18-7-8-21-40(37)41-22-9-10-23-42(41)47/h1-34H. The second-order valence-corrected chi connectivity index (χ2v) is 13.5. The number of aromatic nitrogens is 1. The van der Waals surface area contributed by atoms with Gasteiger partial charge in [0.25, 0.3) is 0 Å². The molecule has 0 bridgehead atoms. The van der Waals surface area contributed by atoms with Crippen LogP contribution < -0.4 is 4.90 Å². The Kier molecular flexibility index (Phi) is 7.51. The van der Waals surface area contributed by atoms with E-state index >= 15 is 0 Å². The molecule has 0 saturated heterocycles. The van der Waals surface area contributed by atoms with E-state index in [2.05, 4.69) is 205 Å². The zero-order valence-corrected chi connectivity index (χ0v) is 29.0. The summed E-state index contributed by atoms with van der Waals surface area (Å²) in [6.45, 7) is 0. The van der Waals surface area contributed by atoms with Crippen molar-refractivity contribution in [2.24, 2.45) is 0 Å². The first kappa shape index (κ1) is 30.8. The fourth-order valence-electron chi connectivity index (χ4n) is 8.08. The second-order valence-electron chi connectivity index (χ2n) is 13.5. The fraction of sp³-hybridized carbons (Fsp3) is 0. The van der Waals surface area contributed by atoms with Gasteiger partial charge in [-0.25, -0.2) is 4.98 Å². The smallest absolute Gasteiger partial charge is 0.138 e. The lowest BCUT2D eigenvalue weighted by atomic mass is 9.84. The van der Waals surface area contributed by atoms with Crippen molar-refractivity contribution in [3.8, 4) is 33.5 Å². The molecule has 0 saturated carbocycles. The molecule has 0 radical (unpaired) electrons. The molecule has 0 N–H and O–H groups in total. The third-order valence-electron chi connectivity index (χ3n) is 10.4. The van der Waals surface area contributed by atoms with Crippen LogP contribution >= 0.6 is 0 Å². The third kappa shape index (κ3) is 5.32. The van der Waals surface area contributed by atoms with E-state index in [0.717, 1.165) is 28.5 Å². The van der Waals surface area contributed by atoms with Gasteiger partial charge in [-0.15, -0.1) is 0 Å². The highest BCUT2D eigenvalue weighted by molar-refractivity contribution is 6.25. The third-order valence-corrected chi connectivity index (χ3v) is 10.4. The summed E-state index contributed by atoms with van der Waals surface area (Å²) in [6, 6.07) is 73.9. The van der Waals surface area contributed by atoms with Crippen LogP contribution in [0.25, 0.3) is 76.6 Å². The molecular weight excluding hydrogens is 641 g/mol. The maximum atomic E-state index is 5.16. The van der Waals surface area contributed by atoms with Gasteiger partial charge in [0, 0.05) is 16.9 Å². The summed E-state index contributed by atoms with van der Waals surface area (Å²) in [7, 11) is 0. The largest absolute Gasteiger partial charge is 0.295 e. The molecule has 10 rings (SSSR count). The maximum absolute atomic E-state index is 5.16. The van der Waals surface area contributed by atoms with E-state index in [-0.39, 0.29) is 0 Å². The summed E-state index contributed by atoms with van der Waals surface area (Å²) in [5.74, 6) is 0.869. The molecule has 1 heterocycles. The minimum Gasteiger partial charge on any atom is -0.295 e. The molecule has 2 heteroatoms. The Labute approximate surface area is 308 Å². The molecule has 0 unspecified atom stereocenters. The number of benzene rings is 9. The van der Waals surface area contributed by atoms with Gasteiger partial charge >= 0.3 is 0 Å². The molecule has 248 valence electrons. The molecule has 1 aromatic heterocycles. The fourth-order valence-corrected chi connectivity index (χ4v) is 8.08. The van der Waals surface area contributed by atoms with Gasteiger partial charge in [0.1, 0.15) is 5.82 Å². The van der Waals surface area contributed by atoms with Crippen molar-refractivity contribution < 1.29 is 0 Å². The van der Waals surface area contributed by atoms with Crippen molar-refractivity contribution in [1.29, 1.82) is 0 Å². The van der Waals surface area contributed by atoms with Crippen molar-refractivity contribution in [1.82, 2.24) is 4.98 Å². The lowest BCUT2D eigenvalue weighted by Gasteiger charge is -2.25. The summed E-state index contributed by atoms with van der Waals surface area (Å²) in [5.41, 5.74) is 9.10. The average Bonchev–Trinajstić information content (AvgIpc) is 3.24. The van der Waals surface area contributed by atoms with Gasteiger partial charge in [-0.05, 0) is 108 Å². The lowest BCUT2D eigenvalue weighted by Crippen LogP contribution is -2.11. The molecule has 2 nitrogen and oxygen atoms in total. The van der Waals surface area contributed by atoms with Crippen molar-refractivity contribution in [2.45, 2.75) is 0 Å². The first-order valence-corrected chi connectivity index (χ1v) is 18.1. The van der Waals surface area contributed by atoms with Crippen molar-refractivity contribution in [2.75, 3.05) is 4.90 Å². The number of para-hydroxylation sites is 1. The van der Waals surface area contributed by atoms with Gasteiger partial charge in [-0.1, -0.05) is 164 Å². The number of anilines is 3. The van der Waals surface area contributed by atoms with E-state index < -0.39 is 0 Å². The van der Waals surface area contributed by atoms with Crippen molar-refractivity contribution in [3.63, 3.8) is 0 Å². The topological polar surface area (TPSA) is 16.1 Å². The van der Waals surface area contributed by atoms with Crippen LogP contribution in [0.4, 0.5) is 17.2 Å². The lowest BCUT2D eigenvalue weighted by molar-refractivity contribution is 1.18. The van der Waals surface area contributed by atoms with E-state index in [9.17, 15) is 0 Å². The molecule has 10 aromatic rings. The van der Waals surface area contributed by atoms with Crippen molar-refractivity contribution >= 4 is 60.3 Å². The van der Waals surface area contributed by atoms with E-state index in [1.165, 1.54) is 65.3 Å². The van der Waals surface area contributed by atoms with Crippen LogP contribution in [0.15, 0.2) is 206 Å². The number of pyridine rings is 1. The summed E-state index contributed by atoms with van der Waals surface area (Å²) >= 11 is 0. The second kappa shape index (κ2) is 12.9. The number of rotatable bonds is 6. The molecule has 0 spiro atoms. The van der Waals surface area contributed by atoms with Crippen LogP contribution in [0.2, 0.25) is 0 Å². The van der Waals surface area contributed by atoms with Gasteiger partial charge in [-0.3, -0.25) is 4.90 Å². The highest BCUT2D eigenvalue weighted by Gasteiger charge is 2.20. The van der Waals surface area contributed by atoms with Gasteiger partial charge in [0.05, 0.1) is 5.69 Å². The van der Waals surface area contributed by atoms with Crippen LogP contribution in [0, 0.1) is 0 Å². The Morgan fingerprint density at radius 2 is 0.830 bits per heavy atom. The van der Waals surface area contributed by atoms with Gasteiger partial charge in [-0.2, -0.15) is 0 Å². The van der Waals surface area contributed by atoms with Crippen LogP contribution in [0.3, 0.4) is 0 Å². The van der Waals surface area contributed by atoms with Crippen LogP contribution in [0.5, 0.6) is 0 Å². The summed E-state index contributed by atoms with van der Waals surface area (Å²) in [5, 5.41) is 10.1. The molecular formula is C51H34N2. The van der Waals surface area contributed by atoms with E-state index in [1.807, 2.05) is 6.07 Å². The Hall–Kier alpha value is -7.03. The molecule has 0 aliphatic rings. The SMILES string of the molecule is c1ccc(-c2cccc(N(c3ccccc3)c3ccc(-c4c5ccccc5c(-c5cc6ccccc6c6ccccc56)c5ccccc45)cc3)n2)cc1. The minimum absolute atomic E-state index is 0.869. The predicted octanol–water partition coefficient (Wildman–Crippen LogP) is 14.2. The molecule has 0 aliphatic heterocycles. The molecule has 9 aromatic carbocycles. The zero-order chi connectivity index (χ0) is 35.1. The van der Waals surface area contributed by atoms with Gasteiger partial charge in [0.15, 0.2) is 0 Å². The van der Waals surface area contributed by atoms with E-state index in [0.29, 0.717) is 0 Å². The van der Waals surface area contributed by atoms with Gasteiger partial charge in [0.2, 0.25) is 0 Å². The summed E-state index contributed by atoms with van der Waals surface area (Å²) in [6.07, 6.45) is 0. The first-order valence-electron chi connectivity index (χ1n) is 18.1. The molecule has 53 heavy (non-hydrogen) atoms. The van der Waals surface area contributed by atoms with E-state index in [1.54, 1.807) is 0 Å². The Bertz CT molecular complexity index is 2870. The van der Waals surface area contributed by atoms with E-state index in [4.69, 9.17) is 4.98 Å². The van der Waals surface area contributed by atoms with Gasteiger partial charge < -0.3 is 0 Å². The zero-order valence-electron chi connectivity index (χ0n) is 29.0. The summed E-state index contributed by atoms with van der Waals surface area (Å²) in [4.78, 5) is 7.40. The Balaban J connectivity index is 1.16. The van der Waals surface area contributed by atoms with Crippen LogP contribution in [-0.2, 0) is 0 Å². The number of nitrogens with zero attached hydrogens (tertiary/aromatic N) is 2. The summed E-state index contributed by atoms with van der Waals surface area (Å²) < 4.78 is 0. The predicted molar refractivity (Wildman–Crippen MR) is 225 cm³/mol. The average molecular weight is 675 g/mol. The highest BCUT2D eigenvalue weighted by Crippen LogP contribution is 2.47. The van der Waals surface area contributed by atoms with Crippen LogP contribution in [0.1, 0.15) is 0 Å². The first-order chi connectivity index (χ1) is 26.3. The molecule has 0 amide bonds. The maximum Gasteiger partial charge on any atom is 0.138 e. The van der Waals surface area contributed by atoms with Crippen LogP contribution in [-0.4, -0.2) is 4.98 Å². The molecule has 0 aliphatic carbocycles. The quantitative estimate of drug-likeness (QED) is 0.129.